The van der Waals surface area contributed by atoms with Gasteiger partial charge in [0.2, 0.25) is 0 Å². The van der Waals surface area contributed by atoms with Gasteiger partial charge in [0, 0.05) is 24.6 Å². The molecule has 2 aromatic rings. The van der Waals surface area contributed by atoms with E-state index in [4.69, 9.17) is 0 Å². The second kappa shape index (κ2) is 6.96. The second-order valence-electron chi connectivity index (χ2n) is 6.35. The Balaban J connectivity index is 1.96. The number of nitrogens with zero attached hydrogens (tertiary/aromatic N) is 2. The minimum absolute atomic E-state index is 0.0654. The van der Waals surface area contributed by atoms with Gasteiger partial charge >= 0.3 is 0 Å². The fraction of sp³-hybridized carbons (Fsp3) is 0.368. The van der Waals surface area contributed by atoms with Gasteiger partial charge in [-0.05, 0) is 56.0 Å². The number of aromatic nitrogens is 1. The van der Waals surface area contributed by atoms with Crippen LogP contribution in [-0.4, -0.2) is 37.0 Å². The molecule has 1 aliphatic rings. The van der Waals surface area contributed by atoms with Crippen LogP contribution in [-0.2, 0) is 16.3 Å². The lowest BCUT2D eigenvalue weighted by atomic mass is 9.90. The molecule has 0 saturated heterocycles. The molecular formula is C19H22N2O3S. The first-order valence-corrected chi connectivity index (χ1v) is 10.4. The number of benzene rings is 1. The van der Waals surface area contributed by atoms with Gasteiger partial charge in [0.25, 0.3) is 5.91 Å². The summed E-state index contributed by atoms with van der Waals surface area (Å²) in [6.45, 7) is 2.48. The third-order valence-electron chi connectivity index (χ3n) is 4.65. The lowest BCUT2D eigenvalue weighted by Crippen LogP contribution is -2.37. The van der Waals surface area contributed by atoms with Crippen molar-refractivity contribution in [2.75, 3.05) is 12.8 Å². The minimum Gasteiger partial charge on any atom is -0.330 e. The fourth-order valence-corrected chi connectivity index (χ4v) is 4.09. The van der Waals surface area contributed by atoms with Gasteiger partial charge in [0.15, 0.2) is 9.84 Å². The summed E-state index contributed by atoms with van der Waals surface area (Å²) in [4.78, 5) is 19.5. The van der Waals surface area contributed by atoms with E-state index in [0.717, 1.165) is 31.2 Å². The summed E-state index contributed by atoms with van der Waals surface area (Å²) in [5, 5.41) is 0. The predicted octanol–water partition coefficient (Wildman–Crippen LogP) is 3.02. The first kappa shape index (κ1) is 17.6. The van der Waals surface area contributed by atoms with E-state index in [1.165, 1.54) is 17.7 Å². The maximum absolute atomic E-state index is 13.1. The molecule has 0 saturated carbocycles. The van der Waals surface area contributed by atoms with Crippen molar-refractivity contribution in [2.45, 2.75) is 37.1 Å². The predicted molar refractivity (Wildman–Crippen MR) is 96.2 cm³/mol. The van der Waals surface area contributed by atoms with Gasteiger partial charge in [-0.2, -0.15) is 0 Å². The maximum atomic E-state index is 13.1. The van der Waals surface area contributed by atoms with Crippen LogP contribution < -0.4 is 0 Å². The van der Waals surface area contributed by atoms with Crippen LogP contribution in [0.2, 0.25) is 0 Å². The van der Waals surface area contributed by atoms with E-state index >= 15 is 0 Å². The summed E-state index contributed by atoms with van der Waals surface area (Å²) >= 11 is 0. The van der Waals surface area contributed by atoms with Crippen LogP contribution in [0.5, 0.6) is 0 Å². The standard InChI is InChI=1S/C19H22N2O3S/c1-3-21(17-11-5-7-14-9-6-12-20-18(14)17)19(22)15-8-4-10-16(13-15)25(2,23)24/h4,6,8-10,12-13,17H,3,5,7,11H2,1-2H3. The monoisotopic (exact) mass is 358 g/mol. The molecular weight excluding hydrogens is 336 g/mol. The van der Waals surface area contributed by atoms with Crippen molar-refractivity contribution in [1.82, 2.24) is 9.88 Å². The molecule has 0 fully saturated rings. The second-order valence-corrected chi connectivity index (χ2v) is 8.36. The molecule has 1 aromatic carbocycles. The molecule has 1 atom stereocenters. The summed E-state index contributed by atoms with van der Waals surface area (Å²) in [5.74, 6) is -0.156. The summed E-state index contributed by atoms with van der Waals surface area (Å²) in [5.41, 5.74) is 2.55. The topological polar surface area (TPSA) is 67.3 Å². The van der Waals surface area contributed by atoms with Crippen LogP contribution in [0.15, 0.2) is 47.5 Å². The molecule has 0 N–H and O–H groups in total. The van der Waals surface area contributed by atoms with E-state index in [-0.39, 0.29) is 16.8 Å². The summed E-state index contributed by atoms with van der Waals surface area (Å²) in [7, 11) is -3.35. The molecule has 1 heterocycles. The first-order chi connectivity index (χ1) is 11.9. The highest BCUT2D eigenvalue weighted by atomic mass is 32.2. The van der Waals surface area contributed by atoms with Crippen LogP contribution in [0.4, 0.5) is 0 Å². The van der Waals surface area contributed by atoms with Crippen molar-refractivity contribution in [1.29, 1.82) is 0 Å². The van der Waals surface area contributed by atoms with Crippen LogP contribution in [0, 0.1) is 0 Å². The largest absolute Gasteiger partial charge is 0.330 e. The van der Waals surface area contributed by atoms with Crippen LogP contribution >= 0.6 is 0 Å². The van der Waals surface area contributed by atoms with E-state index < -0.39 is 9.84 Å². The SMILES string of the molecule is CCN(C(=O)c1cccc(S(C)(=O)=O)c1)C1CCCc2cccnc21. The summed E-state index contributed by atoms with van der Waals surface area (Å²) < 4.78 is 23.6. The molecule has 25 heavy (non-hydrogen) atoms. The molecule has 0 bridgehead atoms. The number of carbonyl (C=O) groups excluding carboxylic acids is 1. The average molecular weight is 358 g/mol. The summed E-state index contributed by atoms with van der Waals surface area (Å²) in [6.07, 6.45) is 5.77. The normalized spacial score (nSPS) is 17.0. The Morgan fingerprint density at radius 3 is 2.80 bits per heavy atom. The Morgan fingerprint density at radius 2 is 2.08 bits per heavy atom. The van der Waals surface area contributed by atoms with Crippen molar-refractivity contribution in [3.63, 3.8) is 0 Å². The summed E-state index contributed by atoms with van der Waals surface area (Å²) in [6, 6.07) is 10.2. The van der Waals surface area contributed by atoms with Gasteiger partial charge in [0.05, 0.1) is 16.6 Å². The number of amides is 1. The van der Waals surface area contributed by atoms with E-state index in [1.54, 1.807) is 23.2 Å². The molecule has 1 unspecified atom stereocenters. The highest BCUT2D eigenvalue weighted by molar-refractivity contribution is 7.90. The number of hydrogen-bond donors (Lipinski definition) is 0. The van der Waals surface area contributed by atoms with Gasteiger partial charge in [-0.25, -0.2) is 8.42 Å². The highest BCUT2D eigenvalue weighted by Gasteiger charge is 2.30. The smallest absolute Gasteiger partial charge is 0.254 e. The Kier molecular flexibility index (Phi) is 4.90. The molecule has 6 heteroatoms. The van der Waals surface area contributed by atoms with Gasteiger partial charge in [0.1, 0.15) is 0 Å². The number of aryl methyl sites for hydroxylation is 1. The van der Waals surface area contributed by atoms with Gasteiger partial charge in [-0.1, -0.05) is 12.1 Å². The lowest BCUT2D eigenvalue weighted by molar-refractivity contribution is 0.0664. The quantitative estimate of drug-likeness (QED) is 0.842. The molecule has 0 radical (unpaired) electrons. The average Bonchev–Trinajstić information content (AvgIpc) is 2.62. The fourth-order valence-electron chi connectivity index (χ4n) is 3.42. The van der Waals surface area contributed by atoms with Crippen molar-refractivity contribution in [3.05, 3.63) is 59.4 Å². The minimum atomic E-state index is -3.35. The van der Waals surface area contributed by atoms with Crippen LogP contribution in [0.1, 0.15) is 47.4 Å². The van der Waals surface area contributed by atoms with Gasteiger partial charge < -0.3 is 4.90 Å². The van der Waals surface area contributed by atoms with Gasteiger partial charge in [-0.15, -0.1) is 0 Å². The van der Waals surface area contributed by atoms with Crippen molar-refractivity contribution in [2.24, 2.45) is 0 Å². The molecule has 1 aliphatic carbocycles. The van der Waals surface area contributed by atoms with Crippen LogP contribution in [0.25, 0.3) is 0 Å². The zero-order chi connectivity index (χ0) is 18.0. The first-order valence-electron chi connectivity index (χ1n) is 8.46. The van der Waals surface area contributed by atoms with Crippen molar-refractivity contribution in [3.8, 4) is 0 Å². The number of sulfone groups is 1. The number of fused-ring (bicyclic) bond motifs is 1. The molecule has 132 valence electrons. The molecule has 0 aliphatic heterocycles. The molecule has 0 spiro atoms. The van der Waals surface area contributed by atoms with E-state index in [1.807, 2.05) is 13.0 Å². The van der Waals surface area contributed by atoms with Crippen LogP contribution in [0.3, 0.4) is 0 Å². The third-order valence-corrected chi connectivity index (χ3v) is 5.76. The Bertz CT molecular complexity index is 893. The Morgan fingerprint density at radius 1 is 1.28 bits per heavy atom. The van der Waals surface area contributed by atoms with Crippen molar-refractivity contribution >= 4 is 15.7 Å². The number of hydrogen-bond acceptors (Lipinski definition) is 4. The third kappa shape index (κ3) is 3.58. The Hall–Kier alpha value is -2.21. The molecule has 3 rings (SSSR count). The lowest BCUT2D eigenvalue weighted by Gasteiger charge is -2.34. The van der Waals surface area contributed by atoms with Gasteiger partial charge in [-0.3, -0.25) is 9.78 Å². The van der Waals surface area contributed by atoms with E-state index in [2.05, 4.69) is 11.1 Å². The van der Waals surface area contributed by atoms with Crippen molar-refractivity contribution < 1.29 is 13.2 Å². The molecule has 5 nitrogen and oxygen atoms in total. The van der Waals surface area contributed by atoms with E-state index in [0.29, 0.717) is 12.1 Å². The van der Waals surface area contributed by atoms with E-state index in [9.17, 15) is 13.2 Å². The molecule has 1 amide bonds. The Labute approximate surface area is 148 Å². The number of carbonyl (C=O) groups is 1. The zero-order valence-electron chi connectivity index (χ0n) is 14.5. The molecule has 1 aromatic heterocycles. The zero-order valence-corrected chi connectivity index (χ0v) is 15.3. The highest BCUT2D eigenvalue weighted by Crippen LogP contribution is 2.33. The number of pyridine rings is 1. The number of rotatable bonds is 4. The maximum Gasteiger partial charge on any atom is 0.254 e.